The molecule has 1 atom stereocenters. The summed E-state index contributed by atoms with van der Waals surface area (Å²) in [5.41, 5.74) is 5.91. The second-order valence-electron chi connectivity index (χ2n) is 5.24. The lowest BCUT2D eigenvalue weighted by Gasteiger charge is -2.24. The van der Waals surface area contributed by atoms with Crippen molar-refractivity contribution in [1.29, 1.82) is 0 Å². The summed E-state index contributed by atoms with van der Waals surface area (Å²) >= 11 is 3.53. The number of nitrogens with two attached hydrogens (primary N) is 1. The number of amides is 1. The number of hydrogen-bond acceptors (Lipinski definition) is 3. The van der Waals surface area contributed by atoms with E-state index in [9.17, 15) is 4.79 Å². The molecule has 0 aromatic heterocycles. The number of primary amides is 1. The van der Waals surface area contributed by atoms with Gasteiger partial charge in [-0.2, -0.15) is 0 Å². The van der Waals surface area contributed by atoms with E-state index in [0.717, 1.165) is 15.8 Å². The topological polar surface area (TPSA) is 64.3 Å². The quantitative estimate of drug-likeness (QED) is 0.843. The van der Waals surface area contributed by atoms with Gasteiger partial charge in [0, 0.05) is 17.1 Å². The molecule has 0 aliphatic heterocycles. The van der Waals surface area contributed by atoms with Crippen molar-refractivity contribution in [3.8, 4) is 5.75 Å². The number of hydrogen-bond donors (Lipinski definition) is 2. The Morgan fingerprint density at radius 2 is 2.16 bits per heavy atom. The molecule has 0 radical (unpaired) electrons. The van der Waals surface area contributed by atoms with Gasteiger partial charge in [0.1, 0.15) is 5.75 Å². The number of ether oxygens (including phenoxy) is 1. The van der Waals surface area contributed by atoms with Crippen LogP contribution in [0.15, 0.2) is 22.7 Å². The fraction of sp³-hybridized carbons (Fsp3) is 0.500. The lowest BCUT2D eigenvalue weighted by molar-refractivity contribution is -0.125. The van der Waals surface area contributed by atoms with Crippen LogP contribution in [0.4, 0.5) is 0 Å². The summed E-state index contributed by atoms with van der Waals surface area (Å²) in [5, 5.41) is 3.33. The second-order valence-corrected chi connectivity index (χ2v) is 6.09. The van der Waals surface area contributed by atoms with Crippen molar-refractivity contribution in [3.63, 3.8) is 0 Å². The van der Waals surface area contributed by atoms with Gasteiger partial charge in [0.05, 0.1) is 12.5 Å². The molecule has 0 fully saturated rings. The van der Waals surface area contributed by atoms with Crippen molar-refractivity contribution in [1.82, 2.24) is 5.32 Å². The van der Waals surface area contributed by atoms with Crippen LogP contribution in [0, 0.1) is 5.41 Å². The first-order valence-electron chi connectivity index (χ1n) is 6.14. The average molecular weight is 329 g/mol. The Kier molecular flexibility index (Phi) is 5.38. The predicted molar refractivity (Wildman–Crippen MR) is 80.1 cm³/mol. The third kappa shape index (κ3) is 4.21. The molecule has 1 amide bonds. The van der Waals surface area contributed by atoms with Gasteiger partial charge in [-0.15, -0.1) is 0 Å². The minimum Gasteiger partial charge on any atom is -0.497 e. The highest BCUT2D eigenvalue weighted by Crippen LogP contribution is 2.28. The van der Waals surface area contributed by atoms with Crippen LogP contribution in [-0.4, -0.2) is 19.6 Å². The van der Waals surface area contributed by atoms with Gasteiger partial charge in [-0.05, 0) is 38.5 Å². The van der Waals surface area contributed by atoms with Crippen molar-refractivity contribution < 1.29 is 9.53 Å². The molecule has 0 aliphatic rings. The largest absolute Gasteiger partial charge is 0.497 e. The number of methoxy groups -OCH3 is 1. The first-order chi connectivity index (χ1) is 8.77. The number of nitrogens with one attached hydrogen (secondary N) is 1. The van der Waals surface area contributed by atoms with E-state index in [2.05, 4.69) is 21.2 Å². The molecule has 0 saturated carbocycles. The molecule has 106 valence electrons. The molecule has 1 aromatic rings. The number of benzene rings is 1. The number of halogens is 1. The molecule has 1 unspecified atom stereocenters. The van der Waals surface area contributed by atoms with Gasteiger partial charge >= 0.3 is 0 Å². The highest BCUT2D eigenvalue weighted by atomic mass is 79.9. The smallest absolute Gasteiger partial charge is 0.224 e. The van der Waals surface area contributed by atoms with Gasteiger partial charge in [-0.25, -0.2) is 0 Å². The SMILES string of the molecule is COc1ccc(C(C)NCC(C)(C)C(N)=O)c(Br)c1. The zero-order valence-electron chi connectivity index (χ0n) is 11.8. The van der Waals surface area contributed by atoms with E-state index in [1.165, 1.54) is 0 Å². The normalized spacial score (nSPS) is 13.1. The van der Waals surface area contributed by atoms with Crippen LogP contribution in [0.25, 0.3) is 0 Å². The molecule has 0 saturated heterocycles. The van der Waals surface area contributed by atoms with Crippen LogP contribution >= 0.6 is 15.9 Å². The van der Waals surface area contributed by atoms with Gasteiger partial charge in [0.15, 0.2) is 0 Å². The van der Waals surface area contributed by atoms with Crippen molar-refractivity contribution in [2.75, 3.05) is 13.7 Å². The van der Waals surface area contributed by atoms with Crippen molar-refractivity contribution in [3.05, 3.63) is 28.2 Å². The van der Waals surface area contributed by atoms with E-state index in [-0.39, 0.29) is 11.9 Å². The minimum atomic E-state index is -0.562. The molecule has 1 rings (SSSR count). The lowest BCUT2D eigenvalue weighted by atomic mass is 9.92. The minimum absolute atomic E-state index is 0.110. The lowest BCUT2D eigenvalue weighted by Crippen LogP contribution is -2.41. The summed E-state index contributed by atoms with van der Waals surface area (Å²) in [6.45, 7) is 6.24. The summed E-state index contributed by atoms with van der Waals surface area (Å²) in [7, 11) is 1.64. The summed E-state index contributed by atoms with van der Waals surface area (Å²) in [6.07, 6.45) is 0. The van der Waals surface area contributed by atoms with Crippen LogP contribution in [0.1, 0.15) is 32.4 Å². The molecular formula is C14H21BrN2O2. The zero-order valence-corrected chi connectivity index (χ0v) is 13.4. The first-order valence-corrected chi connectivity index (χ1v) is 6.94. The highest BCUT2D eigenvalue weighted by molar-refractivity contribution is 9.10. The Labute approximate surface area is 122 Å². The number of carbonyl (C=O) groups excluding carboxylic acids is 1. The van der Waals surface area contributed by atoms with E-state index in [0.29, 0.717) is 6.54 Å². The summed E-state index contributed by atoms with van der Waals surface area (Å²) < 4.78 is 6.14. The van der Waals surface area contributed by atoms with Crippen molar-refractivity contribution >= 4 is 21.8 Å². The molecule has 4 nitrogen and oxygen atoms in total. The Hall–Kier alpha value is -1.07. The van der Waals surface area contributed by atoms with E-state index < -0.39 is 5.41 Å². The molecule has 0 aliphatic carbocycles. The Morgan fingerprint density at radius 3 is 2.63 bits per heavy atom. The van der Waals surface area contributed by atoms with Gasteiger partial charge in [-0.3, -0.25) is 4.79 Å². The van der Waals surface area contributed by atoms with Gasteiger partial charge in [-0.1, -0.05) is 22.0 Å². The molecule has 0 heterocycles. The molecule has 5 heteroatoms. The maximum Gasteiger partial charge on any atom is 0.224 e. The summed E-state index contributed by atoms with van der Waals surface area (Å²) in [6, 6.07) is 5.95. The standard InChI is InChI=1S/C14H21BrN2O2/c1-9(17-8-14(2,3)13(16)18)11-6-5-10(19-4)7-12(11)15/h5-7,9,17H,8H2,1-4H3,(H2,16,18). The van der Waals surface area contributed by atoms with E-state index in [1.807, 2.05) is 39.0 Å². The summed E-state index contributed by atoms with van der Waals surface area (Å²) in [4.78, 5) is 11.3. The van der Waals surface area contributed by atoms with Crippen molar-refractivity contribution in [2.45, 2.75) is 26.8 Å². The average Bonchev–Trinajstić information content (AvgIpc) is 2.35. The fourth-order valence-electron chi connectivity index (χ4n) is 1.59. The molecule has 0 bridgehead atoms. The van der Waals surface area contributed by atoms with Crippen LogP contribution < -0.4 is 15.8 Å². The van der Waals surface area contributed by atoms with Gasteiger partial charge in [0.25, 0.3) is 0 Å². The fourth-order valence-corrected chi connectivity index (χ4v) is 2.29. The Balaban J connectivity index is 2.74. The molecule has 1 aromatic carbocycles. The third-order valence-corrected chi connectivity index (χ3v) is 3.88. The van der Waals surface area contributed by atoms with Crippen LogP contribution in [0.2, 0.25) is 0 Å². The van der Waals surface area contributed by atoms with Crippen molar-refractivity contribution in [2.24, 2.45) is 11.1 Å². The Morgan fingerprint density at radius 1 is 1.53 bits per heavy atom. The molecule has 19 heavy (non-hydrogen) atoms. The maximum atomic E-state index is 11.3. The highest BCUT2D eigenvalue weighted by Gasteiger charge is 2.25. The predicted octanol–water partition coefficient (Wildman–Crippen LogP) is 2.62. The molecular weight excluding hydrogens is 308 g/mol. The van der Waals surface area contributed by atoms with Gasteiger partial charge in [0.2, 0.25) is 5.91 Å². The summed E-state index contributed by atoms with van der Waals surface area (Å²) in [5.74, 6) is 0.501. The molecule has 0 spiro atoms. The van der Waals surface area contributed by atoms with E-state index >= 15 is 0 Å². The third-order valence-electron chi connectivity index (χ3n) is 3.19. The van der Waals surface area contributed by atoms with Crippen LogP contribution in [-0.2, 0) is 4.79 Å². The van der Waals surface area contributed by atoms with E-state index in [1.54, 1.807) is 7.11 Å². The Bertz CT molecular complexity index is 461. The zero-order chi connectivity index (χ0) is 14.6. The molecule has 3 N–H and O–H groups in total. The number of carbonyl (C=O) groups is 1. The van der Waals surface area contributed by atoms with Crippen LogP contribution in [0.3, 0.4) is 0 Å². The van der Waals surface area contributed by atoms with Gasteiger partial charge < -0.3 is 15.8 Å². The maximum absolute atomic E-state index is 11.3. The van der Waals surface area contributed by atoms with Crippen LogP contribution in [0.5, 0.6) is 5.75 Å². The monoisotopic (exact) mass is 328 g/mol. The second kappa shape index (κ2) is 6.39. The number of rotatable bonds is 6. The van der Waals surface area contributed by atoms with E-state index in [4.69, 9.17) is 10.5 Å². The first kappa shape index (κ1) is 16.0.